The van der Waals surface area contributed by atoms with Crippen molar-refractivity contribution in [3.05, 3.63) is 0 Å². The average Bonchev–Trinajstić information content (AvgIpc) is 2.35. The second-order valence-electron chi connectivity index (χ2n) is 4.46. The van der Waals surface area contributed by atoms with E-state index in [1.807, 2.05) is 0 Å². The van der Waals surface area contributed by atoms with Gasteiger partial charge in [-0.1, -0.05) is 13.3 Å². The summed E-state index contributed by atoms with van der Waals surface area (Å²) in [6.07, 6.45) is 3.64. The maximum atomic E-state index is 9.45. The molecular weight excluding hydrogens is 286 g/mol. The molecule has 0 rings (SSSR count). The van der Waals surface area contributed by atoms with Gasteiger partial charge >= 0.3 is 0 Å². The quantitative estimate of drug-likeness (QED) is 0.349. The lowest BCUT2D eigenvalue weighted by Gasteiger charge is -2.24. The Bertz CT molecular complexity index is 290. The van der Waals surface area contributed by atoms with Crippen molar-refractivity contribution < 1.29 is 32.3 Å². The average molecular weight is 315 g/mol. The number of aliphatic hydroxyl groups excluding tert-OH is 2. The van der Waals surface area contributed by atoms with Gasteiger partial charge in [0.15, 0.2) is 0 Å². The van der Waals surface area contributed by atoms with E-state index in [2.05, 4.69) is 18.0 Å². The molecule has 0 heterocycles. The summed E-state index contributed by atoms with van der Waals surface area (Å²) in [6, 6.07) is 0.555. The zero-order valence-corrected chi connectivity index (χ0v) is 13.5. The second kappa shape index (κ2) is 13.7. The van der Waals surface area contributed by atoms with Gasteiger partial charge in [0.1, 0.15) is 13.1 Å². The number of hydrogen-bond acceptors (Lipinski definition) is 6. The summed E-state index contributed by atoms with van der Waals surface area (Å²) in [4.78, 5) is 1.32. The fourth-order valence-corrected chi connectivity index (χ4v) is 2.05. The fourth-order valence-electron chi connectivity index (χ4n) is 1.76. The van der Waals surface area contributed by atoms with E-state index in [1.54, 1.807) is 0 Å². The van der Waals surface area contributed by atoms with Crippen LogP contribution in [0.15, 0.2) is 0 Å². The molecule has 8 heteroatoms. The summed E-state index contributed by atoms with van der Waals surface area (Å²) in [6.45, 7) is 7.65. The van der Waals surface area contributed by atoms with Crippen molar-refractivity contribution in [2.45, 2.75) is 46.1 Å². The molecule has 124 valence electrons. The van der Waals surface area contributed by atoms with Gasteiger partial charge in [-0.2, -0.15) is 0 Å². The van der Waals surface area contributed by atoms with Crippen molar-refractivity contribution >= 4 is 10.4 Å². The summed E-state index contributed by atoms with van der Waals surface area (Å²) in [5.74, 6) is 0. The van der Waals surface area contributed by atoms with E-state index in [9.17, 15) is 13.0 Å². The summed E-state index contributed by atoms with van der Waals surface area (Å²) >= 11 is 0. The van der Waals surface area contributed by atoms with Crippen LogP contribution in [-0.2, 0) is 14.6 Å². The highest BCUT2D eigenvalue weighted by molar-refractivity contribution is 7.80. The van der Waals surface area contributed by atoms with Crippen molar-refractivity contribution in [2.75, 3.05) is 32.9 Å². The lowest BCUT2D eigenvalue weighted by molar-refractivity contribution is -0.924. The van der Waals surface area contributed by atoms with Crippen LogP contribution in [0.5, 0.6) is 0 Å². The van der Waals surface area contributed by atoms with E-state index in [1.165, 1.54) is 31.1 Å². The second-order valence-corrected chi connectivity index (χ2v) is 5.52. The molecular formula is C12H29NO6S. The van der Waals surface area contributed by atoms with Crippen molar-refractivity contribution in [3.63, 3.8) is 0 Å². The van der Waals surface area contributed by atoms with Crippen LogP contribution in [0.2, 0.25) is 0 Å². The maximum absolute atomic E-state index is 9.45. The number of aliphatic hydroxyl groups is 2. The van der Waals surface area contributed by atoms with Crippen LogP contribution in [0.1, 0.15) is 40.0 Å². The van der Waals surface area contributed by atoms with Gasteiger partial charge in [-0.05, 0) is 26.7 Å². The number of hydrogen-bond donors (Lipinski definition) is 3. The first-order valence-electron chi connectivity index (χ1n) is 6.98. The van der Waals surface area contributed by atoms with Crippen LogP contribution in [0.25, 0.3) is 0 Å². The standard InChI is InChI=1S/C10H23NO2.C2H6O4S/c1-3-4-5-10(2)11(6-8-12)7-9-13;1-2-6-7(3,4)5/h10,12-13H,3-9H2,1-2H3;2H2,1H3,(H,3,4,5). The van der Waals surface area contributed by atoms with Gasteiger partial charge in [0, 0.05) is 0 Å². The minimum atomic E-state index is -4.42. The van der Waals surface area contributed by atoms with Crippen molar-refractivity contribution in [1.82, 2.24) is 0 Å². The van der Waals surface area contributed by atoms with Crippen LogP contribution >= 0.6 is 0 Å². The Morgan fingerprint density at radius 1 is 1.20 bits per heavy atom. The van der Waals surface area contributed by atoms with Crippen LogP contribution < -0.4 is 4.90 Å². The maximum Gasteiger partial charge on any atom is 0.217 e. The minimum Gasteiger partial charge on any atom is -0.726 e. The van der Waals surface area contributed by atoms with Gasteiger partial charge in [-0.15, -0.1) is 0 Å². The Hall–Kier alpha value is -0.250. The number of unbranched alkanes of at least 4 members (excludes halogenated alkanes) is 1. The minimum absolute atomic E-state index is 0.0914. The highest BCUT2D eigenvalue weighted by Crippen LogP contribution is 1.96. The molecule has 7 nitrogen and oxygen atoms in total. The highest BCUT2D eigenvalue weighted by atomic mass is 32.3. The first-order valence-corrected chi connectivity index (χ1v) is 8.32. The van der Waals surface area contributed by atoms with Gasteiger partial charge in [0.25, 0.3) is 0 Å². The summed E-state index contributed by atoms with van der Waals surface area (Å²) < 4.78 is 32.0. The smallest absolute Gasteiger partial charge is 0.217 e. The van der Waals surface area contributed by atoms with E-state index in [4.69, 9.17) is 10.2 Å². The van der Waals surface area contributed by atoms with Gasteiger partial charge in [-0.3, -0.25) is 4.18 Å². The van der Waals surface area contributed by atoms with Gasteiger partial charge in [0.05, 0.1) is 25.9 Å². The van der Waals surface area contributed by atoms with Gasteiger partial charge < -0.3 is 19.7 Å². The molecule has 0 radical (unpaired) electrons. The van der Waals surface area contributed by atoms with Gasteiger partial charge in [0.2, 0.25) is 10.4 Å². The largest absolute Gasteiger partial charge is 0.726 e. The van der Waals surface area contributed by atoms with Crippen molar-refractivity contribution in [1.29, 1.82) is 0 Å². The Morgan fingerprint density at radius 2 is 1.70 bits per heavy atom. The Labute approximate surface area is 122 Å². The Kier molecular flexibility index (Phi) is 15.1. The molecule has 0 bridgehead atoms. The summed E-state index contributed by atoms with van der Waals surface area (Å²) in [5, 5.41) is 17.7. The lowest BCUT2D eigenvalue weighted by atomic mass is 10.1. The molecule has 0 aromatic heterocycles. The van der Waals surface area contributed by atoms with E-state index >= 15 is 0 Å². The van der Waals surface area contributed by atoms with Gasteiger partial charge in [-0.25, -0.2) is 8.42 Å². The zero-order chi connectivity index (χ0) is 16.0. The molecule has 20 heavy (non-hydrogen) atoms. The van der Waals surface area contributed by atoms with E-state index in [0.717, 1.165) is 13.1 Å². The molecule has 0 aliphatic rings. The predicted molar refractivity (Wildman–Crippen MR) is 75.2 cm³/mol. The Morgan fingerprint density at radius 3 is 1.95 bits per heavy atom. The molecule has 1 atom stereocenters. The normalized spacial score (nSPS) is 12.9. The van der Waals surface area contributed by atoms with E-state index < -0.39 is 10.4 Å². The third-order valence-corrected chi connectivity index (χ3v) is 3.34. The number of nitrogens with one attached hydrogen (secondary N) is 1. The van der Waals surface area contributed by atoms with Crippen LogP contribution in [0.4, 0.5) is 0 Å². The van der Waals surface area contributed by atoms with E-state index in [-0.39, 0.29) is 19.8 Å². The molecule has 0 saturated heterocycles. The molecule has 0 spiro atoms. The number of rotatable bonds is 10. The first kappa shape index (κ1) is 22.0. The topological polar surface area (TPSA) is 111 Å². The zero-order valence-electron chi connectivity index (χ0n) is 12.7. The third-order valence-electron chi connectivity index (χ3n) is 2.82. The molecule has 3 N–H and O–H groups in total. The first-order chi connectivity index (χ1) is 9.32. The Balaban J connectivity index is 0. The molecule has 0 aromatic carbocycles. The van der Waals surface area contributed by atoms with Crippen molar-refractivity contribution in [3.8, 4) is 0 Å². The molecule has 0 saturated carbocycles. The highest BCUT2D eigenvalue weighted by Gasteiger charge is 2.15. The van der Waals surface area contributed by atoms with E-state index in [0.29, 0.717) is 6.04 Å². The summed E-state index contributed by atoms with van der Waals surface area (Å²) in [7, 11) is -4.42. The molecule has 0 aromatic rings. The molecule has 0 aliphatic carbocycles. The number of quaternary nitrogens is 1. The summed E-state index contributed by atoms with van der Waals surface area (Å²) in [5.41, 5.74) is 0. The monoisotopic (exact) mass is 315 g/mol. The van der Waals surface area contributed by atoms with Crippen LogP contribution in [-0.4, -0.2) is 62.1 Å². The van der Waals surface area contributed by atoms with Crippen LogP contribution in [0.3, 0.4) is 0 Å². The fraction of sp³-hybridized carbons (Fsp3) is 1.00. The van der Waals surface area contributed by atoms with Crippen LogP contribution in [0, 0.1) is 0 Å². The SMILES string of the molecule is CCCCC(C)[NH+](CCO)CCO.CCOS(=O)(=O)[O-]. The van der Waals surface area contributed by atoms with Crippen molar-refractivity contribution in [2.24, 2.45) is 0 Å². The predicted octanol–water partition coefficient (Wildman–Crippen LogP) is -1.08. The lowest BCUT2D eigenvalue weighted by Crippen LogP contribution is -3.16. The molecule has 0 fully saturated rings. The molecule has 0 amide bonds. The molecule has 0 aliphatic heterocycles. The third kappa shape index (κ3) is 15.8. The molecule has 1 unspecified atom stereocenters.